The molecule has 1 rings (SSSR count). The third kappa shape index (κ3) is 4.29. The second-order valence-electron chi connectivity index (χ2n) is 5.31. The van der Waals surface area contributed by atoms with Crippen LogP contribution in [-0.2, 0) is 9.47 Å². The number of nitrogens with zero attached hydrogens (tertiary/aromatic N) is 1. The van der Waals surface area contributed by atoms with Crippen LogP contribution < -0.4 is 0 Å². The quantitative estimate of drug-likeness (QED) is 0.713. The van der Waals surface area contributed by atoms with E-state index in [4.69, 9.17) is 9.47 Å². The maximum absolute atomic E-state index is 11.8. The largest absolute Gasteiger partial charge is 0.498 e. The summed E-state index contributed by atoms with van der Waals surface area (Å²) >= 11 is 0. The van der Waals surface area contributed by atoms with Crippen LogP contribution in [0, 0.1) is 5.92 Å². The smallest absolute Gasteiger partial charge is 0.410 e. The molecule has 0 spiro atoms. The SMILES string of the molecule is C=C(OCC)C1CCN(C(=O)OC(C)(C)C)C1. The molecule has 0 N–H and O–H groups in total. The molecule has 1 amide bonds. The fourth-order valence-corrected chi connectivity index (χ4v) is 1.82. The third-order valence-electron chi connectivity index (χ3n) is 2.63. The minimum atomic E-state index is -0.438. The summed E-state index contributed by atoms with van der Waals surface area (Å²) in [5, 5.41) is 0. The standard InChI is InChI=1S/C13H23NO3/c1-6-16-10(2)11-7-8-14(9-11)12(15)17-13(3,4)5/h11H,2,6-9H2,1,3-5H3. The van der Waals surface area contributed by atoms with Crippen molar-refractivity contribution in [3.63, 3.8) is 0 Å². The van der Waals surface area contributed by atoms with Crippen molar-refractivity contribution in [2.75, 3.05) is 19.7 Å². The monoisotopic (exact) mass is 241 g/mol. The average Bonchev–Trinajstić information content (AvgIpc) is 2.63. The Kier molecular flexibility index (Phi) is 4.43. The molecule has 1 heterocycles. The fourth-order valence-electron chi connectivity index (χ4n) is 1.82. The van der Waals surface area contributed by atoms with Crippen molar-refractivity contribution in [3.8, 4) is 0 Å². The van der Waals surface area contributed by atoms with E-state index >= 15 is 0 Å². The van der Waals surface area contributed by atoms with Crippen molar-refractivity contribution in [1.82, 2.24) is 4.90 Å². The molecule has 0 aliphatic carbocycles. The van der Waals surface area contributed by atoms with Gasteiger partial charge < -0.3 is 14.4 Å². The molecule has 1 aliphatic heterocycles. The predicted molar refractivity (Wildman–Crippen MR) is 66.7 cm³/mol. The van der Waals surface area contributed by atoms with Gasteiger partial charge in [-0.2, -0.15) is 0 Å². The van der Waals surface area contributed by atoms with Gasteiger partial charge in [0, 0.05) is 19.0 Å². The van der Waals surface area contributed by atoms with Gasteiger partial charge in [0.2, 0.25) is 0 Å². The summed E-state index contributed by atoms with van der Waals surface area (Å²) in [6, 6.07) is 0. The average molecular weight is 241 g/mol. The number of amides is 1. The van der Waals surface area contributed by atoms with Gasteiger partial charge in [0.05, 0.1) is 12.4 Å². The van der Waals surface area contributed by atoms with Crippen molar-refractivity contribution in [1.29, 1.82) is 0 Å². The molecule has 4 heteroatoms. The number of ether oxygens (including phenoxy) is 2. The molecule has 1 fully saturated rings. The van der Waals surface area contributed by atoms with E-state index in [9.17, 15) is 4.79 Å². The Labute approximate surface area is 104 Å². The molecular formula is C13H23NO3. The Morgan fingerprint density at radius 1 is 1.47 bits per heavy atom. The van der Waals surface area contributed by atoms with Gasteiger partial charge in [-0.1, -0.05) is 6.58 Å². The highest BCUT2D eigenvalue weighted by Gasteiger charge is 2.31. The lowest BCUT2D eigenvalue weighted by Gasteiger charge is -2.24. The molecule has 98 valence electrons. The molecule has 1 atom stereocenters. The molecule has 17 heavy (non-hydrogen) atoms. The zero-order valence-corrected chi connectivity index (χ0v) is 11.3. The summed E-state index contributed by atoms with van der Waals surface area (Å²) in [6.07, 6.45) is 0.655. The number of rotatable bonds is 3. The van der Waals surface area contributed by atoms with Crippen molar-refractivity contribution in [3.05, 3.63) is 12.3 Å². The maximum Gasteiger partial charge on any atom is 0.410 e. The van der Waals surface area contributed by atoms with Gasteiger partial charge in [-0.25, -0.2) is 4.79 Å². The fraction of sp³-hybridized carbons (Fsp3) is 0.769. The van der Waals surface area contributed by atoms with Gasteiger partial charge in [0.15, 0.2) is 0 Å². The number of carbonyl (C=O) groups is 1. The topological polar surface area (TPSA) is 38.8 Å². The highest BCUT2D eigenvalue weighted by Crippen LogP contribution is 2.24. The van der Waals surface area contributed by atoms with Crippen LogP contribution in [0.2, 0.25) is 0 Å². The number of hydrogen-bond donors (Lipinski definition) is 0. The minimum absolute atomic E-state index is 0.238. The molecular weight excluding hydrogens is 218 g/mol. The van der Waals surface area contributed by atoms with Crippen LogP contribution >= 0.6 is 0 Å². The van der Waals surface area contributed by atoms with Crippen molar-refractivity contribution < 1.29 is 14.3 Å². The van der Waals surface area contributed by atoms with E-state index in [0.717, 1.165) is 12.2 Å². The van der Waals surface area contributed by atoms with Crippen LogP contribution in [0.3, 0.4) is 0 Å². The van der Waals surface area contributed by atoms with E-state index in [0.29, 0.717) is 19.7 Å². The zero-order chi connectivity index (χ0) is 13.1. The first-order valence-corrected chi connectivity index (χ1v) is 6.13. The molecule has 1 unspecified atom stereocenters. The number of likely N-dealkylation sites (tertiary alicyclic amines) is 1. The molecule has 0 radical (unpaired) electrons. The lowest BCUT2D eigenvalue weighted by Crippen LogP contribution is -2.35. The first-order chi connectivity index (χ1) is 7.83. The van der Waals surface area contributed by atoms with Crippen molar-refractivity contribution in [2.45, 2.75) is 39.7 Å². The zero-order valence-electron chi connectivity index (χ0n) is 11.3. The summed E-state index contributed by atoms with van der Waals surface area (Å²) in [5.41, 5.74) is -0.438. The molecule has 1 saturated heterocycles. The van der Waals surface area contributed by atoms with Crippen LogP contribution in [0.4, 0.5) is 4.79 Å². The van der Waals surface area contributed by atoms with Crippen molar-refractivity contribution in [2.24, 2.45) is 5.92 Å². The molecule has 4 nitrogen and oxygen atoms in total. The van der Waals surface area contributed by atoms with Crippen molar-refractivity contribution >= 4 is 6.09 Å². The molecule has 0 bridgehead atoms. The Bertz CT molecular complexity index is 294. The second kappa shape index (κ2) is 5.43. The van der Waals surface area contributed by atoms with E-state index < -0.39 is 5.60 Å². The van der Waals surface area contributed by atoms with Gasteiger partial charge in [-0.3, -0.25) is 0 Å². The van der Waals surface area contributed by atoms with Gasteiger partial charge in [0.1, 0.15) is 5.60 Å². The Balaban J connectivity index is 2.45. The minimum Gasteiger partial charge on any atom is -0.498 e. The lowest BCUT2D eigenvalue weighted by molar-refractivity contribution is 0.0286. The number of hydrogen-bond acceptors (Lipinski definition) is 3. The van der Waals surface area contributed by atoms with E-state index in [2.05, 4.69) is 6.58 Å². The molecule has 0 aromatic heterocycles. The number of carbonyl (C=O) groups excluding carboxylic acids is 1. The van der Waals surface area contributed by atoms with Crippen LogP contribution in [0.5, 0.6) is 0 Å². The highest BCUT2D eigenvalue weighted by atomic mass is 16.6. The maximum atomic E-state index is 11.8. The van der Waals surface area contributed by atoms with Gasteiger partial charge >= 0.3 is 6.09 Å². The summed E-state index contributed by atoms with van der Waals surface area (Å²) in [4.78, 5) is 13.5. The Morgan fingerprint density at radius 3 is 2.65 bits per heavy atom. The normalized spacial score (nSPS) is 20.2. The lowest BCUT2D eigenvalue weighted by atomic mass is 10.1. The van der Waals surface area contributed by atoms with E-state index in [1.165, 1.54) is 0 Å². The summed E-state index contributed by atoms with van der Waals surface area (Å²) in [5.74, 6) is 1.01. The predicted octanol–water partition coefficient (Wildman–Crippen LogP) is 2.79. The second-order valence-corrected chi connectivity index (χ2v) is 5.31. The van der Waals surface area contributed by atoms with Crippen LogP contribution in [0.1, 0.15) is 34.1 Å². The first kappa shape index (κ1) is 13.9. The summed E-state index contributed by atoms with van der Waals surface area (Å²) in [6.45, 7) is 13.4. The first-order valence-electron chi connectivity index (χ1n) is 6.13. The Hall–Kier alpha value is -1.19. The van der Waals surface area contributed by atoms with Crippen LogP contribution in [-0.4, -0.2) is 36.3 Å². The highest BCUT2D eigenvalue weighted by molar-refractivity contribution is 5.68. The molecule has 0 saturated carbocycles. The van der Waals surface area contributed by atoms with E-state index in [-0.39, 0.29) is 12.0 Å². The Morgan fingerprint density at radius 2 is 2.12 bits per heavy atom. The van der Waals surface area contributed by atoms with E-state index in [1.807, 2.05) is 27.7 Å². The third-order valence-corrected chi connectivity index (χ3v) is 2.63. The van der Waals surface area contributed by atoms with Crippen LogP contribution in [0.15, 0.2) is 12.3 Å². The van der Waals surface area contributed by atoms with Gasteiger partial charge in [-0.15, -0.1) is 0 Å². The molecule has 0 aromatic carbocycles. The molecule has 0 aromatic rings. The summed E-state index contributed by atoms with van der Waals surface area (Å²) in [7, 11) is 0. The molecule has 1 aliphatic rings. The van der Waals surface area contributed by atoms with E-state index in [1.54, 1.807) is 4.90 Å². The van der Waals surface area contributed by atoms with Gasteiger partial charge in [-0.05, 0) is 34.1 Å². The van der Waals surface area contributed by atoms with Crippen LogP contribution in [0.25, 0.3) is 0 Å². The van der Waals surface area contributed by atoms with Gasteiger partial charge in [0.25, 0.3) is 0 Å². The summed E-state index contributed by atoms with van der Waals surface area (Å²) < 4.78 is 10.7.